The van der Waals surface area contributed by atoms with Gasteiger partial charge < -0.3 is 10.6 Å². The number of nitrogens with one attached hydrogen (secondary N) is 1. The van der Waals surface area contributed by atoms with Crippen LogP contribution < -0.4 is 10.6 Å². The minimum atomic E-state index is -0.124. The Balaban J connectivity index is 1.64. The minimum absolute atomic E-state index is 0.00472. The van der Waals surface area contributed by atoms with Gasteiger partial charge in [-0.25, -0.2) is 0 Å². The number of thiophene rings is 1. The first-order valence-corrected chi connectivity index (χ1v) is 9.86. The van der Waals surface area contributed by atoms with Gasteiger partial charge in [0.1, 0.15) is 6.04 Å². The van der Waals surface area contributed by atoms with Crippen LogP contribution in [-0.2, 0) is 4.79 Å². The van der Waals surface area contributed by atoms with Crippen molar-refractivity contribution in [1.82, 2.24) is 5.32 Å². The molecule has 0 aliphatic rings. The Morgan fingerprint density at radius 3 is 2.50 bits per heavy atom. The Bertz CT molecular complexity index is 836. The third-order valence-corrected chi connectivity index (χ3v) is 5.60. The van der Waals surface area contributed by atoms with Crippen LogP contribution in [0.5, 0.6) is 0 Å². The second kappa shape index (κ2) is 8.99. The van der Waals surface area contributed by atoms with Gasteiger partial charge in [-0.2, -0.15) is 0 Å². The molecule has 2 atom stereocenters. The molecule has 26 heavy (non-hydrogen) atoms. The van der Waals surface area contributed by atoms with Crippen LogP contribution in [0.1, 0.15) is 35.0 Å². The van der Waals surface area contributed by atoms with Crippen LogP contribution in [0.15, 0.2) is 72.1 Å². The number of halogens is 1. The topological polar surface area (TPSA) is 45.7 Å². The lowest BCUT2D eigenvalue weighted by atomic mass is 10.1. The van der Waals surface area contributed by atoms with Crippen molar-refractivity contribution in [3.63, 3.8) is 0 Å². The average Bonchev–Trinajstić information content (AvgIpc) is 3.17. The fraction of sp³-hybridized carbons (Fsp3) is 0.190. The van der Waals surface area contributed by atoms with Gasteiger partial charge in [0.05, 0.1) is 10.9 Å². The van der Waals surface area contributed by atoms with Crippen molar-refractivity contribution in [2.45, 2.75) is 19.0 Å². The maximum atomic E-state index is 12.5. The molecule has 0 radical (unpaired) electrons. The fourth-order valence-corrected chi connectivity index (χ4v) is 4.12. The number of hydrogen-bond acceptors (Lipinski definition) is 2. The van der Waals surface area contributed by atoms with E-state index in [0.717, 1.165) is 5.56 Å². The highest BCUT2D eigenvalue weighted by molar-refractivity contribution is 7.10. The molecule has 3 nitrogen and oxygen atoms in total. The van der Waals surface area contributed by atoms with E-state index in [1.807, 2.05) is 55.5 Å². The maximum absolute atomic E-state index is 12.5. The molecular weight excluding hydrogens is 364 g/mol. The van der Waals surface area contributed by atoms with E-state index in [9.17, 15) is 4.79 Å². The van der Waals surface area contributed by atoms with E-state index in [-0.39, 0.29) is 18.0 Å². The Morgan fingerprint density at radius 1 is 1.08 bits per heavy atom. The van der Waals surface area contributed by atoms with Gasteiger partial charge in [0.2, 0.25) is 0 Å². The van der Waals surface area contributed by atoms with Crippen molar-refractivity contribution in [3.05, 3.63) is 93.1 Å². The molecule has 0 aliphatic carbocycles. The maximum Gasteiger partial charge on any atom is 0.275 e. The number of quaternary nitrogens is 1. The average molecular weight is 386 g/mol. The Kier molecular flexibility index (Phi) is 6.45. The quantitative estimate of drug-likeness (QED) is 0.636. The third kappa shape index (κ3) is 4.73. The molecule has 0 fully saturated rings. The second-order valence-electron chi connectivity index (χ2n) is 6.15. The predicted molar refractivity (Wildman–Crippen MR) is 107 cm³/mol. The van der Waals surface area contributed by atoms with Crippen LogP contribution in [0.3, 0.4) is 0 Å². The van der Waals surface area contributed by atoms with Crippen molar-refractivity contribution in [2.24, 2.45) is 0 Å². The Morgan fingerprint density at radius 2 is 1.81 bits per heavy atom. The SMILES string of the molecule is C[C@@H](NC(=O)C[NH2+][C@H](c1ccccc1)c1cccs1)c1ccccc1Cl. The van der Waals surface area contributed by atoms with E-state index >= 15 is 0 Å². The molecule has 0 saturated carbocycles. The first-order chi connectivity index (χ1) is 12.6. The number of carbonyl (C=O) groups excluding carboxylic acids is 1. The van der Waals surface area contributed by atoms with Crippen LogP contribution in [0, 0.1) is 0 Å². The number of nitrogens with two attached hydrogens (primary N) is 1. The molecular formula is C21H22ClN2OS+. The summed E-state index contributed by atoms with van der Waals surface area (Å²) in [4.78, 5) is 13.7. The van der Waals surface area contributed by atoms with Gasteiger partial charge in [-0.15, -0.1) is 11.3 Å². The fourth-order valence-electron chi connectivity index (χ4n) is 2.97. The van der Waals surface area contributed by atoms with Crippen LogP contribution in [0.25, 0.3) is 0 Å². The number of benzene rings is 2. The molecule has 0 unspecified atom stereocenters. The van der Waals surface area contributed by atoms with Crippen molar-refractivity contribution in [1.29, 1.82) is 0 Å². The Labute approximate surface area is 163 Å². The van der Waals surface area contributed by atoms with Gasteiger partial charge in [0.25, 0.3) is 5.91 Å². The van der Waals surface area contributed by atoms with E-state index in [2.05, 4.69) is 34.2 Å². The lowest BCUT2D eigenvalue weighted by Gasteiger charge is -2.17. The van der Waals surface area contributed by atoms with Crippen LogP contribution in [0.4, 0.5) is 0 Å². The minimum Gasteiger partial charge on any atom is -0.345 e. The summed E-state index contributed by atoms with van der Waals surface area (Å²) in [6, 6.07) is 22.0. The van der Waals surface area contributed by atoms with Crippen LogP contribution in [0.2, 0.25) is 5.02 Å². The van der Waals surface area contributed by atoms with Crippen molar-refractivity contribution >= 4 is 28.8 Å². The molecule has 5 heteroatoms. The standard InChI is InChI=1S/C21H21ClN2OS/c1-15(17-10-5-6-11-18(17)22)24-20(25)14-23-21(19-12-7-13-26-19)16-8-3-2-4-9-16/h2-13,15,21,23H,14H2,1H3,(H,24,25)/p+1/t15-,21-/m1/s1. The molecule has 1 heterocycles. The molecule has 0 spiro atoms. The van der Waals surface area contributed by atoms with Gasteiger partial charge >= 0.3 is 0 Å². The van der Waals surface area contributed by atoms with Crippen LogP contribution in [-0.4, -0.2) is 12.5 Å². The van der Waals surface area contributed by atoms with Crippen molar-refractivity contribution < 1.29 is 10.1 Å². The van der Waals surface area contributed by atoms with Gasteiger partial charge in [-0.1, -0.05) is 66.2 Å². The van der Waals surface area contributed by atoms with Crippen LogP contribution >= 0.6 is 22.9 Å². The van der Waals surface area contributed by atoms with E-state index in [1.165, 1.54) is 10.4 Å². The van der Waals surface area contributed by atoms with E-state index < -0.39 is 0 Å². The van der Waals surface area contributed by atoms with E-state index in [1.54, 1.807) is 11.3 Å². The molecule has 3 aromatic rings. The zero-order valence-electron chi connectivity index (χ0n) is 14.6. The van der Waals surface area contributed by atoms with Crippen molar-refractivity contribution in [2.75, 3.05) is 6.54 Å². The zero-order chi connectivity index (χ0) is 18.4. The van der Waals surface area contributed by atoms with Gasteiger partial charge in [0.15, 0.2) is 6.54 Å². The van der Waals surface area contributed by atoms with Crippen molar-refractivity contribution in [3.8, 4) is 0 Å². The second-order valence-corrected chi connectivity index (χ2v) is 7.54. The number of rotatable bonds is 7. The summed E-state index contributed by atoms with van der Waals surface area (Å²) in [5, 5.41) is 7.86. The summed E-state index contributed by atoms with van der Waals surface area (Å²) in [6.07, 6.45) is 0. The molecule has 0 saturated heterocycles. The summed E-state index contributed by atoms with van der Waals surface area (Å²) in [5.41, 5.74) is 2.13. The normalized spacial score (nSPS) is 13.2. The number of carbonyl (C=O) groups is 1. The number of hydrogen-bond donors (Lipinski definition) is 2. The molecule has 0 aliphatic heterocycles. The van der Waals surface area contributed by atoms with Gasteiger partial charge in [0, 0.05) is 10.6 Å². The van der Waals surface area contributed by atoms with Gasteiger partial charge in [-0.05, 0) is 30.0 Å². The summed E-state index contributed by atoms with van der Waals surface area (Å²) in [5.74, 6) is -0.00472. The molecule has 3 N–H and O–H groups in total. The van der Waals surface area contributed by atoms with E-state index in [0.29, 0.717) is 11.6 Å². The van der Waals surface area contributed by atoms with Gasteiger partial charge in [-0.3, -0.25) is 4.79 Å². The predicted octanol–water partition coefficient (Wildman–Crippen LogP) is 3.93. The highest BCUT2D eigenvalue weighted by Gasteiger charge is 2.20. The summed E-state index contributed by atoms with van der Waals surface area (Å²) >= 11 is 7.93. The zero-order valence-corrected chi connectivity index (χ0v) is 16.1. The smallest absolute Gasteiger partial charge is 0.275 e. The highest BCUT2D eigenvalue weighted by Crippen LogP contribution is 2.23. The highest BCUT2D eigenvalue weighted by atomic mass is 35.5. The molecule has 0 bridgehead atoms. The molecule has 1 aromatic heterocycles. The Hall–Kier alpha value is -2.14. The monoisotopic (exact) mass is 385 g/mol. The lowest BCUT2D eigenvalue weighted by Crippen LogP contribution is -2.87. The lowest BCUT2D eigenvalue weighted by molar-refractivity contribution is -0.676. The largest absolute Gasteiger partial charge is 0.345 e. The summed E-state index contributed by atoms with van der Waals surface area (Å²) in [6.45, 7) is 2.30. The first kappa shape index (κ1) is 18.6. The first-order valence-electron chi connectivity index (χ1n) is 8.60. The number of amides is 1. The molecule has 3 rings (SSSR count). The summed E-state index contributed by atoms with van der Waals surface area (Å²) < 4.78 is 0. The summed E-state index contributed by atoms with van der Waals surface area (Å²) in [7, 11) is 0. The third-order valence-electron chi connectivity index (χ3n) is 4.30. The molecule has 1 amide bonds. The van der Waals surface area contributed by atoms with E-state index in [4.69, 9.17) is 11.6 Å². The molecule has 2 aromatic carbocycles. The molecule has 134 valence electrons.